The van der Waals surface area contributed by atoms with Crippen molar-refractivity contribution < 1.29 is 9.53 Å². The molecular weight excluding hydrogens is 426 g/mol. The molecule has 3 aromatic rings. The second-order valence-corrected chi connectivity index (χ2v) is 8.47. The zero-order valence-corrected chi connectivity index (χ0v) is 17.1. The number of carbonyl (C=O) groups is 1. The summed E-state index contributed by atoms with van der Waals surface area (Å²) < 4.78 is 8.31. The van der Waals surface area contributed by atoms with E-state index in [1.165, 1.54) is 11.8 Å². The van der Waals surface area contributed by atoms with Crippen LogP contribution in [0.5, 0.6) is 0 Å². The Labute approximate surface area is 170 Å². The van der Waals surface area contributed by atoms with Crippen molar-refractivity contribution in [1.29, 1.82) is 0 Å². The van der Waals surface area contributed by atoms with Crippen LogP contribution in [0.15, 0.2) is 64.2 Å². The van der Waals surface area contributed by atoms with Gasteiger partial charge in [-0.15, -0.1) is 10.2 Å². The lowest BCUT2D eigenvalue weighted by atomic mass is 10.2. The van der Waals surface area contributed by atoms with Gasteiger partial charge in [-0.2, -0.15) is 0 Å². The van der Waals surface area contributed by atoms with Crippen molar-refractivity contribution in [3.63, 3.8) is 0 Å². The van der Waals surface area contributed by atoms with Crippen molar-refractivity contribution in [2.24, 2.45) is 0 Å². The number of halogens is 1. The van der Waals surface area contributed by atoms with Gasteiger partial charge in [0, 0.05) is 16.5 Å². The van der Waals surface area contributed by atoms with E-state index in [9.17, 15) is 4.79 Å². The zero-order chi connectivity index (χ0) is 18.8. The van der Waals surface area contributed by atoms with Crippen molar-refractivity contribution >= 4 is 33.7 Å². The molecule has 5 nitrogen and oxygen atoms in total. The van der Waals surface area contributed by atoms with Gasteiger partial charge < -0.3 is 4.74 Å². The van der Waals surface area contributed by atoms with Gasteiger partial charge in [-0.05, 0) is 18.6 Å². The number of hydrogen-bond acceptors (Lipinski definition) is 5. The van der Waals surface area contributed by atoms with Crippen LogP contribution in [0, 0.1) is 0 Å². The van der Waals surface area contributed by atoms with E-state index in [1.54, 1.807) is 0 Å². The first-order chi connectivity index (χ1) is 13.1. The van der Waals surface area contributed by atoms with E-state index in [0.29, 0.717) is 13.0 Å². The van der Waals surface area contributed by atoms with E-state index in [2.05, 4.69) is 42.8 Å². The molecule has 27 heavy (non-hydrogen) atoms. The maximum atomic E-state index is 12.1. The van der Waals surface area contributed by atoms with Gasteiger partial charge in [0.1, 0.15) is 11.4 Å². The Morgan fingerprint density at radius 2 is 1.89 bits per heavy atom. The number of esters is 1. The summed E-state index contributed by atoms with van der Waals surface area (Å²) in [6.45, 7) is 2.55. The third kappa shape index (κ3) is 3.94. The minimum absolute atomic E-state index is 0.0526. The minimum Gasteiger partial charge on any atom is -0.462 e. The summed E-state index contributed by atoms with van der Waals surface area (Å²) in [5.41, 5.74) is 2.12. The van der Waals surface area contributed by atoms with Crippen molar-refractivity contribution in [1.82, 2.24) is 14.8 Å². The number of cyclic esters (lactones) is 1. The Bertz CT molecular complexity index is 961. The predicted octanol–water partition coefficient (Wildman–Crippen LogP) is 4.55. The maximum Gasteiger partial charge on any atom is 0.319 e. The molecule has 4 rings (SSSR count). The third-order valence-corrected chi connectivity index (χ3v) is 6.26. The Morgan fingerprint density at radius 3 is 2.59 bits per heavy atom. The first kappa shape index (κ1) is 18.3. The molecule has 0 bridgehead atoms. The summed E-state index contributed by atoms with van der Waals surface area (Å²) in [6, 6.07) is 18.1. The zero-order valence-electron chi connectivity index (χ0n) is 14.7. The van der Waals surface area contributed by atoms with Gasteiger partial charge in [0.05, 0.1) is 6.54 Å². The molecule has 1 fully saturated rings. The molecule has 1 aromatic heterocycles. The third-order valence-electron chi connectivity index (χ3n) is 4.39. The van der Waals surface area contributed by atoms with Crippen LogP contribution < -0.4 is 0 Å². The highest BCUT2D eigenvalue weighted by atomic mass is 79.9. The number of rotatable bonds is 5. The van der Waals surface area contributed by atoms with Crippen molar-refractivity contribution in [2.75, 3.05) is 0 Å². The number of nitrogens with zero attached hydrogens (tertiary/aromatic N) is 3. The highest BCUT2D eigenvalue weighted by Gasteiger charge is 2.34. The Hall–Kier alpha value is -2.12. The Kier molecular flexibility index (Phi) is 5.31. The Balaban J connectivity index is 1.73. The van der Waals surface area contributed by atoms with Crippen LogP contribution in [0.3, 0.4) is 0 Å². The molecule has 7 heteroatoms. The number of thioether (sulfide) groups is 1. The van der Waals surface area contributed by atoms with Crippen LogP contribution in [0.4, 0.5) is 0 Å². The molecule has 0 aliphatic carbocycles. The SMILES string of the molecule is CC1CC(Sc2nnc(-c3ccccc3Br)n2Cc2ccccc2)C(=O)O1. The lowest BCUT2D eigenvalue weighted by Gasteiger charge is -2.12. The quantitative estimate of drug-likeness (QED) is 0.541. The maximum absolute atomic E-state index is 12.1. The molecule has 1 aliphatic rings. The fourth-order valence-corrected chi connectivity index (χ4v) is 4.67. The van der Waals surface area contributed by atoms with E-state index in [4.69, 9.17) is 4.74 Å². The summed E-state index contributed by atoms with van der Waals surface area (Å²) in [5.74, 6) is 0.595. The van der Waals surface area contributed by atoms with Crippen molar-refractivity contribution in [2.45, 2.75) is 36.4 Å². The van der Waals surface area contributed by atoms with Gasteiger partial charge in [0.25, 0.3) is 0 Å². The number of aromatic nitrogens is 3. The van der Waals surface area contributed by atoms with E-state index < -0.39 is 0 Å². The van der Waals surface area contributed by atoms with Crippen molar-refractivity contribution in [3.8, 4) is 11.4 Å². The molecule has 0 radical (unpaired) electrons. The van der Waals surface area contributed by atoms with Gasteiger partial charge in [-0.1, -0.05) is 76.2 Å². The number of ether oxygens (including phenoxy) is 1. The van der Waals surface area contributed by atoms with E-state index in [-0.39, 0.29) is 17.3 Å². The normalized spacial score (nSPS) is 19.3. The molecule has 0 N–H and O–H groups in total. The fourth-order valence-electron chi connectivity index (χ4n) is 3.07. The topological polar surface area (TPSA) is 57.0 Å². The van der Waals surface area contributed by atoms with Gasteiger partial charge >= 0.3 is 5.97 Å². The van der Waals surface area contributed by atoms with Crippen LogP contribution in [0.1, 0.15) is 18.9 Å². The number of benzene rings is 2. The average Bonchev–Trinajstić information content (AvgIpc) is 3.19. The van der Waals surface area contributed by atoms with Crippen LogP contribution in [-0.4, -0.2) is 32.1 Å². The summed E-state index contributed by atoms with van der Waals surface area (Å²) in [4.78, 5) is 12.1. The van der Waals surface area contributed by atoms with E-state index in [1.807, 2.05) is 49.4 Å². The summed E-state index contributed by atoms with van der Waals surface area (Å²) in [6.07, 6.45) is 0.634. The molecule has 138 valence electrons. The standard InChI is InChI=1S/C20H18BrN3O2S/c1-13-11-17(19(25)26-13)27-20-23-22-18(15-9-5-6-10-16(15)21)24(20)12-14-7-3-2-4-8-14/h2-10,13,17H,11-12H2,1H3. The Morgan fingerprint density at radius 1 is 1.15 bits per heavy atom. The largest absolute Gasteiger partial charge is 0.462 e. The summed E-state index contributed by atoms with van der Waals surface area (Å²) in [5, 5.41) is 9.32. The molecule has 2 unspecified atom stereocenters. The van der Waals surface area contributed by atoms with Gasteiger partial charge in [-0.25, -0.2) is 0 Å². The molecule has 2 atom stereocenters. The highest BCUT2D eigenvalue weighted by molar-refractivity contribution is 9.10. The van der Waals surface area contributed by atoms with Gasteiger partial charge in [0.15, 0.2) is 11.0 Å². The van der Waals surface area contributed by atoms with E-state index >= 15 is 0 Å². The fraction of sp³-hybridized carbons (Fsp3) is 0.250. The molecule has 0 amide bonds. The lowest BCUT2D eigenvalue weighted by Crippen LogP contribution is -2.12. The summed E-state index contributed by atoms with van der Waals surface area (Å²) in [7, 11) is 0. The van der Waals surface area contributed by atoms with Crippen LogP contribution in [-0.2, 0) is 16.1 Å². The molecule has 1 saturated heterocycles. The average molecular weight is 444 g/mol. The molecule has 1 aliphatic heterocycles. The van der Waals surface area contributed by atoms with Crippen molar-refractivity contribution in [3.05, 3.63) is 64.6 Å². The smallest absolute Gasteiger partial charge is 0.319 e. The second kappa shape index (κ2) is 7.86. The molecule has 2 aromatic carbocycles. The number of hydrogen-bond donors (Lipinski definition) is 0. The summed E-state index contributed by atoms with van der Waals surface area (Å²) >= 11 is 5.04. The lowest BCUT2D eigenvalue weighted by molar-refractivity contribution is -0.140. The first-order valence-electron chi connectivity index (χ1n) is 8.71. The highest BCUT2D eigenvalue weighted by Crippen LogP contribution is 2.35. The first-order valence-corrected chi connectivity index (χ1v) is 10.4. The predicted molar refractivity (Wildman–Crippen MR) is 109 cm³/mol. The molecule has 2 heterocycles. The minimum atomic E-state index is -0.245. The molecule has 0 saturated carbocycles. The second-order valence-electron chi connectivity index (χ2n) is 6.45. The van der Waals surface area contributed by atoms with Crippen LogP contribution >= 0.6 is 27.7 Å². The molecule has 0 spiro atoms. The molecular formula is C20H18BrN3O2S. The number of carbonyl (C=O) groups excluding carboxylic acids is 1. The van der Waals surface area contributed by atoms with E-state index in [0.717, 1.165) is 26.6 Å². The van der Waals surface area contributed by atoms with Crippen LogP contribution in [0.2, 0.25) is 0 Å². The monoisotopic (exact) mass is 443 g/mol. The van der Waals surface area contributed by atoms with Gasteiger partial charge in [0.2, 0.25) is 0 Å². The van der Waals surface area contributed by atoms with Crippen LogP contribution in [0.25, 0.3) is 11.4 Å². The van der Waals surface area contributed by atoms with Gasteiger partial charge in [-0.3, -0.25) is 9.36 Å².